The second-order valence-electron chi connectivity index (χ2n) is 10.3. The van der Waals surface area contributed by atoms with Gasteiger partial charge in [-0.25, -0.2) is 23.2 Å². The first kappa shape index (κ1) is 27.4. The maximum Gasteiger partial charge on any atom is 0.407 e. The number of sulfonamides is 1. The molecule has 1 saturated heterocycles. The summed E-state index contributed by atoms with van der Waals surface area (Å²) in [6, 6.07) is 6.10. The van der Waals surface area contributed by atoms with E-state index < -0.39 is 22.2 Å². The Hall–Kier alpha value is -4.22. The van der Waals surface area contributed by atoms with Crippen LogP contribution in [0.1, 0.15) is 29.7 Å². The molecular formula is C26H30N8O5S. The summed E-state index contributed by atoms with van der Waals surface area (Å²) < 4.78 is 32.7. The van der Waals surface area contributed by atoms with Crippen LogP contribution in [0.25, 0.3) is 0 Å². The number of nitriles is 1. The van der Waals surface area contributed by atoms with E-state index >= 15 is 0 Å². The Kier molecular flexibility index (Phi) is 7.35. The third-order valence-corrected chi connectivity index (χ3v) is 9.39. The number of aromatic nitrogens is 4. The van der Waals surface area contributed by atoms with E-state index in [0.717, 1.165) is 5.69 Å². The molecule has 1 fully saturated rings. The van der Waals surface area contributed by atoms with Crippen LogP contribution in [0.4, 0.5) is 10.5 Å². The molecule has 1 N–H and O–H groups in total. The Bertz CT molecular complexity index is 1580. The fraction of sp³-hybridized carbons (Fsp3) is 0.423. The highest BCUT2D eigenvalue weighted by atomic mass is 32.2. The maximum absolute atomic E-state index is 14.2. The molecule has 2 aliphatic heterocycles. The summed E-state index contributed by atoms with van der Waals surface area (Å²) >= 11 is 0. The molecule has 1 atom stereocenters. The molecule has 0 aliphatic carbocycles. The highest BCUT2D eigenvalue weighted by molar-refractivity contribution is 7.89. The van der Waals surface area contributed by atoms with Crippen LogP contribution in [0.2, 0.25) is 0 Å². The van der Waals surface area contributed by atoms with Crippen molar-refractivity contribution in [1.29, 1.82) is 5.26 Å². The summed E-state index contributed by atoms with van der Waals surface area (Å²) in [7, 11) is -0.732. The van der Waals surface area contributed by atoms with Gasteiger partial charge in [0, 0.05) is 58.2 Å². The number of benzene rings is 1. The summed E-state index contributed by atoms with van der Waals surface area (Å²) in [4.78, 5) is 36.7. The zero-order valence-electron chi connectivity index (χ0n) is 22.2. The molecule has 4 heterocycles. The van der Waals surface area contributed by atoms with Crippen LogP contribution in [-0.2, 0) is 41.9 Å². The largest absolute Gasteiger partial charge is 0.465 e. The van der Waals surface area contributed by atoms with E-state index in [1.165, 1.54) is 26.3 Å². The molecule has 2 aromatic heterocycles. The lowest BCUT2D eigenvalue weighted by Gasteiger charge is -2.40. The van der Waals surface area contributed by atoms with Crippen LogP contribution >= 0.6 is 0 Å². The second-order valence-corrected chi connectivity index (χ2v) is 12.1. The Labute approximate surface area is 231 Å². The molecule has 5 rings (SSSR count). The van der Waals surface area contributed by atoms with Gasteiger partial charge in [0.15, 0.2) is 5.03 Å². The number of imidazole rings is 2. The number of carboxylic acid groups (broad SMARTS) is 1. The lowest BCUT2D eigenvalue weighted by Crippen LogP contribution is -2.56. The minimum absolute atomic E-state index is 0.0373. The van der Waals surface area contributed by atoms with Gasteiger partial charge in [0.1, 0.15) is 6.04 Å². The number of carbonyl (C=O) groups excluding carboxylic acids is 1. The number of anilines is 1. The maximum atomic E-state index is 14.2. The Morgan fingerprint density at radius 3 is 2.58 bits per heavy atom. The van der Waals surface area contributed by atoms with Gasteiger partial charge in [-0.15, -0.1) is 0 Å². The lowest BCUT2D eigenvalue weighted by atomic mass is 9.93. The fourth-order valence-corrected chi connectivity index (χ4v) is 6.99. The van der Waals surface area contributed by atoms with Crippen molar-refractivity contribution in [3.8, 4) is 6.07 Å². The minimum atomic E-state index is -4.21. The van der Waals surface area contributed by atoms with Crippen molar-refractivity contribution >= 4 is 27.7 Å². The van der Waals surface area contributed by atoms with Crippen molar-refractivity contribution in [2.24, 2.45) is 20.0 Å². The van der Waals surface area contributed by atoms with E-state index in [4.69, 9.17) is 0 Å². The lowest BCUT2D eigenvalue weighted by molar-refractivity contribution is -0.123. The van der Waals surface area contributed by atoms with Crippen LogP contribution < -0.4 is 4.90 Å². The number of rotatable bonds is 7. The van der Waals surface area contributed by atoms with Crippen LogP contribution in [0.15, 0.2) is 48.3 Å². The van der Waals surface area contributed by atoms with Crippen LogP contribution in [0, 0.1) is 17.2 Å². The van der Waals surface area contributed by atoms with Crippen molar-refractivity contribution in [1.82, 2.24) is 28.3 Å². The minimum Gasteiger partial charge on any atom is -0.465 e. The van der Waals surface area contributed by atoms with Gasteiger partial charge in [0.25, 0.3) is 10.0 Å². The molecule has 0 bridgehead atoms. The van der Waals surface area contributed by atoms with Crippen LogP contribution in [-0.4, -0.2) is 79.5 Å². The average Bonchev–Trinajstić information content (AvgIpc) is 3.56. The molecule has 2 amide bonds. The number of likely N-dealkylation sites (tertiary alicyclic amines) is 1. The van der Waals surface area contributed by atoms with Gasteiger partial charge < -0.3 is 24.0 Å². The van der Waals surface area contributed by atoms with Crippen LogP contribution in [0.5, 0.6) is 0 Å². The molecule has 40 heavy (non-hydrogen) atoms. The molecule has 210 valence electrons. The first-order chi connectivity index (χ1) is 19.1. The molecule has 0 radical (unpaired) electrons. The first-order valence-corrected chi connectivity index (χ1v) is 14.3. The molecule has 0 saturated carbocycles. The summed E-state index contributed by atoms with van der Waals surface area (Å²) in [5, 5.41) is 18.7. The fourth-order valence-electron chi connectivity index (χ4n) is 5.36. The number of aryl methyl sites for hydroxylation is 2. The van der Waals surface area contributed by atoms with E-state index in [9.17, 15) is 28.4 Å². The molecule has 14 heteroatoms. The second kappa shape index (κ2) is 10.7. The van der Waals surface area contributed by atoms with Gasteiger partial charge >= 0.3 is 6.09 Å². The summed E-state index contributed by atoms with van der Waals surface area (Å²) in [6.45, 7) is 0.781. The molecule has 1 aromatic carbocycles. The van der Waals surface area contributed by atoms with Crippen molar-refractivity contribution in [2.45, 2.75) is 36.9 Å². The Balaban J connectivity index is 1.55. The van der Waals surface area contributed by atoms with Gasteiger partial charge in [-0.3, -0.25) is 4.79 Å². The summed E-state index contributed by atoms with van der Waals surface area (Å²) in [6.07, 6.45) is 6.09. The van der Waals surface area contributed by atoms with E-state index in [1.807, 2.05) is 7.05 Å². The first-order valence-electron chi connectivity index (χ1n) is 12.9. The number of carbonyl (C=O) groups is 2. The van der Waals surface area contributed by atoms with Crippen molar-refractivity contribution < 1.29 is 23.1 Å². The molecular weight excluding hydrogens is 536 g/mol. The third kappa shape index (κ3) is 5.17. The number of fused-ring (bicyclic) bond motifs is 1. The smallest absolute Gasteiger partial charge is 0.407 e. The van der Waals surface area contributed by atoms with E-state index in [0.29, 0.717) is 29.7 Å². The summed E-state index contributed by atoms with van der Waals surface area (Å²) in [5.41, 5.74) is 2.47. The monoisotopic (exact) mass is 566 g/mol. The van der Waals surface area contributed by atoms with Gasteiger partial charge in [-0.2, -0.15) is 9.57 Å². The number of hydrogen-bond acceptors (Lipinski definition) is 7. The molecule has 2 aliphatic rings. The number of nitrogens with zero attached hydrogens (tertiary/aromatic N) is 8. The molecule has 1 unspecified atom stereocenters. The van der Waals surface area contributed by atoms with Gasteiger partial charge in [-0.1, -0.05) is 0 Å². The summed E-state index contributed by atoms with van der Waals surface area (Å²) in [5.74, 6) is -0.542. The van der Waals surface area contributed by atoms with Crippen molar-refractivity contribution in [3.05, 3.63) is 60.1 Å². The van der Waals surface area contributed by atoms with Gasteiger partial charge in [-0.05, 0) is 42.5 Å². The number of hydrogen-bond donors (Lipinski definition) is 1. The predicted molar refractivity (Wildman–Crippen MR) is 142 cm³/mol. The Morgan fingerprint density at radius 2 is 1.98 bits per heavy atom. The van der Waals surface area contributed by atoms with E-state index in [2.05, 4.69) is 16.0 Å². The molecule has 13 nitrogen and oxygen atoms in total. The predicted octanol–water partition coefficient (Wildman–Crippen LogP) is 1.56. The molecule has 0 spiro atoms. The van der Waals surface area contributed by atoms with E-state index in [1.54, 1.807) is 47.2 Å². The normalized spacial score (nSPS) is 18.1. The highest BCUT2D eigenvalue weighted by Gasteiger charge is 2.44. The highest BCUT2D eigenvalue weighted by Crippen LogP contribution is 2.35. The average molecular weight is 567 g/mol. The third-order valence-electron chi connectivity index (χ3n) is 7.63. The quantitative estimate of drug-likeness (QED) is 0.451. The number of piperidine rings is 1. The SMILES string of the molecule is Cn1cnc(S(=O)(=O)N(CC2CCN(C(=O)O)CC2)C2Cc3cc(C#N)ccc3N(Cc3cncn3C)C2=O)c1. The van der Waals surface area contributed by atoms with Crippen molar-refractivity contribution in [3.63, 3.8) is 0 Å². The number of amides is 2. The Morgan fingerprint density at radius 1 is 1.23 bits per heavy atom. The van der Waals surface area contributed by atoms with Crippen LogP contribution in [0.3, 0.4) is 0 Å². The molecule has 3 aromatic rings. The van der Waals surface area contributed by atoms with Crippen molar-refractivity contribution in [2.75, 3.05) is 24.5 Å². The zero-order valence-corrected chi connectivity index (χ0v) is 23.0. The topological polar surface area (TPSA) is 158 Å². The van der Waals surface area contributed by atoms with Gasteiger partial charge in [0.2, 0.25) is 5.91 Å². The van der Waals surface area contributed by atoms with Gasteiger partial charge in [0.05, 0.1) is 36.5 Å². The zero-order chi connectivity index (χ0) is 28.6. The standard InChI is InChI=1S/C26H30N8O5S/c1-30-15-24(29-17-30)40(38,39)34(13-18-5-7-32(8-6-18)26(36)37)23-10-20-9-19(11-27)3-4-22(20)33(25(23)35)14-21-12-28-16-31(21)2/h3-4,9,12,15-18,23H,5-8,10,13-14H2,1-2H3,(H,36,37). The van der Waals surface area contributed by atoms with E-state index in [-0.39, 0.29) is 49.5 Å².